The minimum Gasteiger partial charge on any atom is -0.488 e. The molecule has 1 N–H and O–H groups in total. The molecular weight excluding hydrogens is 334 g/mol. The number of halogens is 1. The number of benzene rings is 3. The van der Waals surface area contributed by atoms with Crippen molar-refractivity contribution in [2.75, 3.05) is 20.3 Å². The van der Waals surface area contributed by atoms with Crippen molar-refractivity contribution in [2.45, 2.75) is 13.2 Å². The van der Waals surface area contributed by atoms with Crippen LogP contribution in [0.5, 0.6) is 5.75 Å². The summed E-state index contributed by atoms with van der Waals surface area (Å²) in [5.74, 6) is 0.878. The second-order valence-corrected chi connectivity index (χ2v) is 6.22. The van der Waals surface area contributed by atoms with Crippen LogP contribution in [0.15, 0.2) is 60.7 Å². The van der Waals surface area contributed by atoms with Crippen LogP contribution in [-0.2, 0) is 17.9 Å². The maximum atomic E-state index is 6.24. The van der Waals surface area contributed by atoms with Crippen molar-refractivity contribution in [3.63, 3.8) is 0 Å². The van der Waals surface area contributed by atoms with Gasteiger partial charge in [0.15, 0.2) is 0 Å². The Morgan fingerprint density at radius 3 is 2.60 bits per heavy atom. The summed E-state index contributed by atoms with van der Waals surface area (Å²) in [7, 11) is 1.71. The van der Waals surface area contributed by atoms with Crippen LogP contribution in [0, 0.1) is 0 Å². The molecule has 0 bridgehead atoms. The first-order valence-electron chi connectivity index (χ1n) is 8.36. The van der Waals surface area contributed by atoms with Gasteiger partial charge in [-0.1, -0.05) is 60.1 Å². The average Bonchev–Trinajstić information content (AvgIpc) is 2.65. The molecule has 0 radical (unpaired) electrons. The number of ether oxygens (including phenoxy) is 2. The van der Waals surface area contributed by atoms with Gasteiger partial charge in [-0.25, -0.2) is 0 Å². The second kappa shape index (κ2) is 8.86. The lowest BCUT2D eigenvalue weighted by Crippen LogP contribution is -2.19. The van der Waals surface area contributed by atoms with E-state index in [1.807, 2.05) is 30.3 Å². The quantitative estimate of drug-likeness (QED) is 0.588. The van der Waals surface area contributed by atoms with E-state index in [1.54, 1.807) is 7.11 Å². The van der Waals surface area contributed by atoms with Gasteiger partial charge in [0, 0.05) is 36.3 Å². The van der Waals surface area contributed by atoms with Crippen LogP contribution in [-0.4, -0.2) is 20.3 Å². The minimum absolute atomic E-state index is 0.448. The molecular formula is C21H22ClNO2. The van der Waals surface area contributed by atoms with Crippen molar-refractivity contribution >= 4 is 22.4 Å². The molecule has 0 atom stereocenters. The van der Waals surface area contributed by atoms with Crippen molar-refractivity contribution < 1.29 is 9.47 Å². The fraction of sp³-hybridized carbons (Fsp3) is 0.238. The molecule has 0 aromatic heterocycles. The Morgan fingerprint density at radius 2 is 1.76 bits per heavy atom. The highest BCUT2D eigenvalue weighted by Gasteiger charge is 2.10. The zero-order chi connectivity index (χ0) is 17.5. The second-order valence-electron chi connectivity index (χ2n) is 5.81. The lowest BCUT2D eigenvalue weighted by molar-refractivity contribution is 0.199. The lowest BCUT2D eigenvalue weighted by atomic mass is 10.0. The first kappa shape index (κ1) is 17.7. The van der Waals surface area contributed by atoms with Crippen molar-refractivity contribution in [1.82, 2.24) is 5.32 Å². The normalized spacial score (nSPS) is 11.0. The number of methoxy groups -OCH3 is 1. The van der Waals surface area contributed by atoms with E-state index in [0.717, 1.165) is 35.0 Å². The molecule has 25 heavy (non-hydrogen) atoms. The van der Waals surface area contributed by atoms with E-state index < -0.39 is 0 Å². The summed E-state index contributed by atoms with van der Waals surface area (Å²) >= 11 is 6.24. The minimum atomic E-state index is 0.448. The standard InChI is InChI=1S/C21H22ClNO2/c1-24-13-12-23-14-19-18-8-4-2-6-16(18)10-11-21(19)25-15-17-7-3-5-9-20(17)22/h2-11,23H,12-15H2,1H3. The fourth-order valence-electron chi connectivity index (χ4n) is 2.79. The van der Waals surface area contributed by atoms with Crippen molar-refractivity contribution in [3.8, 4) is 5.75 Å². The van der Waals surface area contributed by atoms with Crippen LogP contribution in [0.2, 0.25) is 5.02 Å². The summed E-state index contributed by atoms with van der Waals surface area (Å²) in [5, 5.41) is 6.54. The highest BCUT2D eigenvalue weighted by molar-refractivity contribution is 6.31. The van der Waals surface area contributed by atoms with Gasteiger partial charge in [0.25, 0.3) is 0 Å². The zero-order valence-corrected chi connectivity index (χ0v) is 15.1. The van der Waals surface area contributed by atoms with E-state index in [0.29, 0.717) is 13.2 Å². The molecule has 0 spiro atoms. The summed E-state index contributed by atoms with van der Waals surface area (Å²) in [6, 6.07) is 20.2. The Bertz CT molecular complexity index is 835. The SMILES string of the molecule is COCCNCc1c(OCc2ccccc2Cl)ccc2ccccc12. The Morgan fingerprint density at radius 1 is 0.960 bits per heavy atom. The van der Waals surface area contributed by atoms with E-state index in [-0.39, 0.29) is 0 Å². The molecule has 3 rings (SSSR count). The highest BCUT2D eigenvalue weighted by atomic mass is 35.5. The van der Waals surface area contributed by atoms with Crippen LogP contribution in [0.4, 0.5) is 0 Å². The van der Waals surface area contributed by atoms with E-state index in [9.17, 15) is 0 Å². The van der Waals surface area contributed by atoms with Crippen molar-refractivity contribution in [3.05, 3.63) is 76.8 Å². The van der Waals surface area contributed by atoms with Crippen LogP contribution in [0.3, 0.4) is 0 Å². The lowest BCUT2D eigenvalue weighted by Gasteiger charge is -2.15. The number of fused-ring (bicyclic) bond motifs is 1. The monoisotopic (exact) mass is 355 g/mol. The van der Waals surface area contributed by atoms with Crippen LogP contribution >= 0.6 is 11.6 Å². The molecule has 0 aliphatic heterocycles. The van der Waals surface area contributed by atoms with Gasteiger partial charge in [0.1, 0.15) is 12.4 Å². The van der Waals surface area contributed by atoms with E-state index >= 15 is 0 Å². The Balaban J connectivity index is 1.84. The third-order valence-corrected chi connectivity index (χ3v) is 4.49. The van der Waals surface area contributed by atoms with Crippen molar-refractivity contribution in [2.24, 2.45) is 0 Å². The van der Waals surface area contributed by atoms with Gasteiger partial charge >= 0.3 is 0 Å². The molecule has 0 amide bonds. The molecule has 0 saturated carbocycles. The molecule has 3 aromatic rings. The predicted molar refractivity (Wildman–Crippen MR) is 103 cm³/mol. The number of hydrogen-bond donors (Lipinski definition) is 1. The molecule has 0 unspecified atom stereocenters. The Kier molecular flexibility index (Phi) is 6.29. The smallest absolute Gasteiger partial charge is 0.124 e. The maximum absolute atomic E-state index is 6.24. The maximum Gasteiger partial charge on any atom is 0.124 e. The molecule has 4 heteroatoms. The largest absolute Gasteiger partial charge is 0.488 e. The first-order valence-corrected chi connectivity index (χ1v) is 8.74. The van der Waals surface area contributed by atoms with Gasteiger partial charge in [-0.3, -0.25) is 0 Å². The molecule has 0 aliphatic carbocycles. The molecule has 3 nitrogen and oxygen atoms in total. The van der Waals surface area contributed by atoms with Gasteiger partial charge < -0.3 is 14.8 Å². The molecule has 3 aromatic carbocycles. The third kappa shape index (κ3) is 4.51. The van der Waals surface area contributed by atoms with Crippen molar-refractivity contribution in [1.29, 1.82) is 0 Å². The van der Waals surface area contributed by atoms with Gasteiger partial charge in [0.05, 0.1) is 6.61 Å². The first-order chi connectivity index (χ1) is 12.3. The third-order valence-electron chi connectivity index (χ3n) is 4.12. The van der Waals surface area contributed by atoms with Gasteiger partial charge in [-0.05, 0) is 22.9 Å². The molecule has 130 valence electrons. The summed E-state index contributed by atoms with van der Waals surface area (Å²) in [6.45, 7) is 2.65. The van der Waals surface area contributed by atoms with Gasteiger partial charge in [-0.2, -0.15) is 0 Å². The number of hydrogen-bond acceptors (Lipinski definition) is 3. The van der Waals surface area contributed by atoms with Gasteiger partial charge in [-0.15, -0.1) is 0 Å². The van der Waals surface area contributed by atoms with Gasteiger partial charge in [0.2, 0.25) is 0 Å². The molecule has 0 heterocycles. The number of rotatable bonds is 8. The summed E-state index contributed by atoms with van der Waals surface area (Å²) < 4.78 is 11.2. The predicted octanol–water partition coefficient (Wildman–Crippen LogP) is 4.81. The summed E-state index contributed by atoms with van der Waals surface area (Å²) in [5.41, 5.74) is 2.14. The fourth-order valence-corrected chi connectivity index (χ4v) is 2.98. The summed E-state index contributed by atoms with van der Waals surface area (Å²) in [6.07, 6.45) is 0. The molecule has 0 saturated heterocycles. The highest BCUT2D eigenvalue weighted by Crippen LogP contribution is 2.29. The van der Waals surface area contributed by atoms with E-state index in [1.165, 1.54) is 10.8 Å². The average molecular weight is 356 g/mol. The molecule has 0 fully saturated rings. The van der Waals surface area contributed by atoms with Crippen LogP contribution in [0.1, 0.15) is 11.1 Å². The Labute approximate surface area is 153 Å². The molecule has 0 aliphatic rings. The van der Waals surface area contributed by atoms with Crippen LogP contribution < -0.4 is 10.1 Å². The number of nitrogens with one attached hydrogen (secondary N) is 1. The zero-order valence-electron chi connectivity index (χ0n) is 14.3. The topological polar surface area (TPSA) is 30.5 Å². The Hall–Kier alpha value is -2.07. The van der Waals surface area contributed by atoms with E-state index in [2.05, 4.69) is 35.6 Å². The van der Waals surface area contributed by atoms with Crippen LogP contribution in [0.25, 0.3) is 10.8 Å². The summed E-state index contributed by atoms with van der Waals surface area (Å²) in [4.78, 5) is 0. The van der Waals surface area contributed by atoms with E-state index in [4.69, 9.17) is 21.1 Å².